The van der Waals surface area contributed by atoms with E-state index in [0.29, 0.717) is 12.0 Å². The van der Waals surface area contributed by atoms with Crippen LogP contribution in [-0.4, -0.2) is 39.9 Å². The molecule has 1 aliphatic heterocycles. The predicted octanol–water partition coefficient (Wildman–Crippen LogP) is 2.92. The van der Waals surface area contributed by atoms with E-state index in [4.69, 9.17) is 9.47 Å². The highest BCUT2D eigenvalue weighted by Gasteiger charge is 2.23. The number of anilines is 1. The Labute approximate surface area is 128 Å². The first-order valence-corrected chi connectivity index (χ1v) is 7.90. The molecule has 118 valence electrons. The summed E-state index contributed by atoms with van der Waals surface area (Å²) in [4.78, 5) is 2.44. The Morgan fingerprint density at radius 3 is 2.81 bits per heavy atom. The molecule has 0 aliphatic carbocycles. The number of rotatable bonds is 5. The van der Waals surface area contributed by atoms with Crippen LogP contribution in [0.3, 0.4) is 0 Å². The van der Waals surface area contributed by atoms with Gasteiger partial charge in [0.15, 0.2) is 0 Å². The van der Waals surface area contributed by atoms with E-state index in [-0.39, 0.29) is 0 Å². The molecule has 2 rings (SSSR count). The number of methoxy groups -OCH3 is 2. The van der Waals surface area contributed by atoms with Crippen LogP contribution in [0.15, 0.2) is 18.2 Å². The minimum absolute atomic E-state index is 0.532. The third-order valence-electron chi connectivity index (χ3n) is 4.49. The van der Waals surface area contributed by atoms with Crippen LogP contribution >= 0.6 is 0 Å². The average molecular weight is 292 g/mol. The fourth-order valence-electron chi connectivity index (χ4n) is 2.88. The maximum absolute atomic E-state index is 5.56. The maximum Gasteiger partial charge on any atom is 0.145 e. The van der Waals surface area contributed by atoms with E-state index in [0.717, 1.165) is 43.2 Å². The van der Waals surface area contributed by atoms with Gasteiger partial charge in [0.05, 0.1) is 19.9 Å². The van der Waals surface area contributed by atoms with Gasteiger partial charge in [-0.1, -0.05) is 20.3 Å². The molecule has 0 aromatic heterocycles. The van der Waals surface area contributed by atoms with E-state index in [1.54, 1.807) is 14.2 Å². The molecule has 2 atom stereocenters. The van der Waals surface area contributed by atoms with Crippen molar-refractivity contribution >= 4 is 5.69 Å². The Bertz CT molecular complexity index is 450. The van der Waals surface area contributed by atoms with Gasteiger partial charge in [-0.3, -0.25) is 0 Å². The van der Waals surface area contributed by atoms with Gasteiger partial charge >= 0.3 is 0 Å². The maximum atomic E-state index is 5.56. The first-order valence-electron chi connectivity index (χ1n) is 7.90. The Morgan fingerprint density at radius 1 is 1.33 bits per heavy atom. The largest absolute Gasteiger partial charge is 0.497 e. The van der Waals surface area contributed by atoms with Crippen molar-refractivity contribution in [1.82, 2.24) is 5.32 Å². The molecule has 2 unspecified atom stereocenters. The zero-order valence-electron chi connectivity index (χ0n) is 13.7. The molecule has 4 nitrogen and oxygen atoms in total. The molecule has 1 heterocycles. The van der Waals surface area contributed by atoms with Crippen molar-refractivity contribution in [1.29, 1.82) is 0 Å². The van der Waals surface area contributed by atoms with Crippen LogP contribution in [0.25, 0.3) is 0 Å². The summed E-state index contributed by atoms with van der Waals surface area (Å²) in [6.07, 6.45) is 2.35. The molecule has 0 bridgehead atoms. The molecule has 1 N–H and O–H groups in total. The number of hydrogen-bond acceptors (Lipinski definition) is 4. The molecule has 1 fully saturated rings. The number of hydrogen-bond donors (Lipinski definition) is 1. The second-order valence-corrected chi connectivity index (χ2v) is 5.78. The summed E-state index contributed by atoms with van der Waals surface area (Å²) < 4.78 is 10.9. The van der Waals surface area contributed by atoms with Crippen molar-refractivity contribution < 1.29 is 9.47 Å². The molecule has 0 radical (unpaired) electrons. The van der Waals surface area contributed by atoms with E-state index in [2.05, 4.69) is 30.1 Å². The van der Waals surface area contributed by atoms with Crippen LogP contribution < -0.4 is 19.7 Å². The Morgan fingerprint density at radius 2 is 2.14 bits per heavy atom. The van der Waals surface area contributed by atoms with Crippen LogP contribution in [0.1, 0.15) is 26.7 Å². The summed E-state index contributed by atoms with van der Waals surface area (Å²) in [7, 11) is 3.41. The SMILES string of the molecule is CCC(C)C1CN(c2ccc(OC)cc2OC)CCCN1. The van der Waals surface area contributed by atoms with Gasteiger partial charge in [-0.2, -0.15) is 0 Å². The summed E-state index contributed by atoms with van der Waals surface area (Å²) in [5.41, 5.74) is 1.16. The van der Waals surface area contributed by atoms with Gasteiger partial charge in [-0.25, -0.2) is 0 Å². The quantitative estimate of drug-likeness (QED) is 0.905. The standard InChI is InChI=1S/C17H28N2O2/c1-5-13(2)15-12-19(10-6-9-18-15)16-8-7-14(20-3)11-17(16)21-4/h7-8,11,13,15,18H,5-6,9-10,12H2,1-4H3. The van der Waals surface area contributed by atoms with Crippen molar-refractivity contribution in [2.24, 2.45) is 5.92 Å². The van der Waals surface area contributed by atoms with Gasteiger partial charge in [0.25, 0.3) is 0 Å². The highest BCUT2D eigenvalue weighted by Crippen LogP contribution is 2.33. The van der Waals surface area contributed by atoms with Gasteiger partial charge in [-0.05, 0) is 31.0 Å². The first-order chi connectivity index (χ1) is 10.2. The summed E-state index contributed by atoms with van der Waals surface area (Å²) in [5, 5.41) is 3.68. The smallest absolute Gasteiger partial charge is 0.145 e. The molecule has 1 aliphatic rings. The van der Waals surface area contributed by atoms with E-state index in [1.165, 1.54) is 6.42 Å². The number of ether oxygens (including phenoxy) is 2. The third kappa shape index (κ3) is 3.82. The molecular formula is C17H28N2O2. The van der Waals surface area contributed by atoms with Gasteiger partial charge < -0.3 is 19.7 Å². The number of benzene rings is 1. The van der Waals surface area contributed by atoms with Crippen molar-refractivity contribution in [3.8, 4) is 11.5 Å². The summed E-state index contributed by atoms with van der Waals surface area (Å²) >= 11 is 0. The topological polar surface area (TPSA) is 33.7 Å². The lowest BCUT2D eigenvalue weighted by molar-refractivity contribution is 0.379. The molecule has 1 aromatic rings. The Balaban J connectivity index is 2.22. The predicted molar refractivity (Wildman–Crippen MR) is 87.6 cm³/mol. The minimum Gasteiger partial charge on any atom is -0.497 e. The molecule has 4 heteroatoms. The lowest BCUT2D eigenvalue weighted by Gasteiger charge is -2.30. The first kappa shape index (κ1) is 16.0. The van der Waals surface area contributed by atoms with Crippen LogP contribution in [0.2, 0.25) is 0 Å². The highest BCUT2D eigenvalue weighted by molar-refractivity contribution is 5.61. The molecule has 1 saturated heterocycles. The van der Waals surface area contributed by atoms with E-state index in [9.17, 15) is 0 Å². The van der Waals surface area contributed by atoms with Gasteiger partial charge in [0, 0.05) is 25.2 Å². The second-order valence-electron chi connectivity index (χ2n) is 5.78. The van der Waals surface area contributed by atoms with Crippen molar-refractivity contribution in [3.05, 3.63) is 18.2 Å². The molecule has 0 amide bonds. The molecule has 21 heavy (non-hydrogen) atoms. The van der Waals surface area contributed by atoms with Gasteiger partial charge in [-0.15, -0.1) is 0 Å². The molecule has 0 spiro atoms. The monoisotopic (exact) mass is 292 g/mol. The fraction of sp³-hybridized carbons (Fsp3) is 0.647. The van der Waals surface area contributed by atoms with E-state index in [1.807, 2.05) is 12.1 Å². The zero-order valence-corrected chi connectivity index (χ0v) is 13.7. The summed E-state index contributed by atoms with van der Waals surface area (Å²) in [5.74, 6) is 2.40. The Kier molecular flexibility index (Phi) is 5.74. The van der Waals surface area contributed by atoms with Crippen LogP contribution in [0, 0.1) is 5.92 Å². The van der Waals surface area contributed by atoms with Gasteiger partial charge in [0.1, 0.15) is 11.5 Å². The highest BCUT2D eigenvalue weighted by atomic mass is 16.5. The summed E-state index contributed by atoms with van der Waals surface area (Å²) in [6.45, 7) is 7.76. The van der Waals surface area contributed by atoms with Crippen molar-refractivity contribution in [2.75, 3.05) is 38.8 Å². The second kappa shape index (κ2) is 7.55. The van der Waals surface area contributed by atoms with Crippen LogP contribution in [-0.2, 0) is 0 Å². The van der Waals surface area contributed by atoms with E-state index < -0.39 is 0 Å². The molecule has 0 saturated carbocycles. The molecule has 1 aromatic carbocycles. The normalized spacial score (nSPS) is 20.8. The third-order valence-corrected chi connectivity index (χ3v) is 4.49. The lowest BCUT2D eigenvalue weighted by Crippen LogP contribution is -2.42. The molecular weight excluding hydrogens is 264 g/mol. The van der Waals surface area contributed by atoms with Crippen molar-refractivity contribution in [3.63, 3.8) is 0 Å². The summed E-state index contributed by atoms with van der Waals surface area (Å²) in [6, 6.07) is 6.61. The van der Waals surface area contributed by atoms with Crippen LogP contribution in [0.5, 0.6) is 11.5 Å². The van der Waals surface area contributed by atoms with Gasteiger partial charge in [0.2, 0.25) is 0 Å². The zero-order chi connectivity index (χ0) is 15.2. The van der Waals surface area contributed by atoms with Crippen molar-refractivity contribution in [2.45, 2.75) is 32.7 Å². The fourth-order valence-corrected chi connectivity index (χ4v) is 2.88. The minimum atomic E-state index is 0.532. The number of nitrogens with one attached hydrogen (secondary N) is 1. The average Bonchev–Trinajstić information content (AvgIpc) is 2.79. The lowest BCUT2D eigenvalue weighted by atomic mass is 9.99. The number of nitrogens with zero attached hydrogens (tertiary/aromatic N) is 1. The van der Waals surface area contributed by atoms with E-state index >= 15 is 0 Å². The van der Waals surface area contributed by atoms with Crippen LogP contribution in [0.4, 0.5) is 5.69 Å². The Hall–Kier alpha value is -1.42.